The van der Waals surface area contributed by atoms with E-state index in [0.717, 1.165) is 11.1 Å². The summed E-state index contributed by atoms with van der Waals surface area (Å²) < 4.78 is 33.4. The molecule has 5 N–H and O–H groups in total. The highest BCUT2D eigenvalue weighted by atomic mass is 31.2. The number of unbranched alkanes of at least 4 members (excludes halogenated alkanes) is 1. The first-order chi connectivity index (χ1) is 25.0. The minimum absolute atomic E-state index is 0.00645. The van der Waals surface area contributed by atoms with Crippen LogP contribution >= 0.6 is 7.60 Å². The zero-order valence-electron chi connectivity index (χ0n) is 29.0. The molecular weight excluding hydrogens is 685 g/mol. The van der Waals surface area contributed by atoms with Gasteiger partial charge in [0.1, 0.15) is 24.1 Å². The van der Waals surface area contributed by atoms with Gasteiger partial charge in [0, 0.05) is 31.8 Å². The maximum Gasteiger partial charge on any atom is 0.457 e. The van der Waals surface area contributed by atoms with Gasteiger partial charge in [-0.2, -0.15) is 0 Å². The number of anilines is 2. The summed E-state index contributed by atoms with van der Waals surface area (Å²) in [4.78, 5) is 52.3. The minimum Gasteiger partial charge on any atom is -0.445 e. The molecule has 0 aromatic heterocycles. The lowest BCUT2D eigenvalue weighted by molar-refractivity contribution is -0.134. The molecular formula is C38H42N5O8P. The van der Waals surface area contributed by atoms with Gasteiger partial charge >= 0.3 is 13.7 Å². The first-order valence-electron chi connectivity index (χ1n) is 16.8. The van der Waals surface area contributed by atoms with E-state index in [9.17, 15) is 19.2 Å². The van der Waals surface area contributed by atoms with Crippen molar-refractivity contribution in [3.05, 3.63) is 120 Å². The summed E-state index contributed by atoms with van der Waals surface area (Å²) in [6.07, 6.45) is 0.611. The zero-order chi connectivity index (χ0) is 37.1. The van der Waals surface area contributed by atoms with Crippen molar-refractivity contribution in [1.29, 1.82) is 0 Å². The Kier molecular flexibility index (Phi) is 12.7. The van der Waals surface area contributed by atoms with Gasteiger partial charge in [0.05, 0.1) is 0 Å². The second kappa shape index (κ2) is 17.5. The fraction of sp³-hybridized carbons (Fsp3) is 0.263. The third-order valence-corrected chi connectivity index (χ3v) is 10.2. The van der Waals surface area contributed by atoms with E-state index in [-0.39, 0.29) is 42.9 Å². The number of nitrogens with two attached hydrogens (primary N) is 1. The number of carbonyl (C=O) groups is 4. The van der Waals surface area contributed by atoms with Crippen molar-refractivity contribution in [2.24, 2.45) is 5.73 Å². The highest BCUT2D eigenvalue weighted by molar-refractivity contribution is 7.55. The van der Waals surface area contributed by atoms with Gasteiger partial charge in [-0.1, -0.05) is 54.6 Å². The first kappa shape index (κ1) is 37.6. The van der Waals surface area contributed by atoms with E-state index >= 15 is 4.57 Å². The number of fused-ring (bicyclic) bond motifs is 1. The van der Waals surface area contributed by atoms with Crippen LogP contribution in [0.15, 0.2) is 103 Å². The topological polar surface area (TPSA) is 178 Å². The number of nitrogens with zero attached hydrogens (tertiary/aromatic N) is 1. The normalized spacial score (nSPS) is 14.1. The molecule has 52 heavy (non-hydrogen) atoms. The standard InChI is InChI=1S/C38H42N5O8P/c1-26(44)40-30-15-19-32(20-16-30)50-52(48,51-33-21-17-31(18-22-33)41-27(2)45)37-34-13-7-6-12-29(34)24-43(37)36(46)35(14-8-9-23-39)42-38(47)49-25-28-10-4-3-5-11-28/h3-7,10-13,15-22,35,37H,8-9,14,23-25,39H2,1-2H3,(H,40,44)(H,41,45)(H,42,47). The summed E-state index contributed by atoms with van der Waals surface area (Å²) >= 11 is 0. The molecule has 2 unspecified atom stereocenters. The molecule has 0 fully saturated rings. The van der Waals surface area contributed by atoms with Gasteiger partial charge in [-0.3, -0.25) is 14.4 Å². The van der Waals surface area contributed by atoms with Crippen LogP contribution in [0.4, 0.5) is 16.2 Å². The van der Waals surface area contributed by atoms with Crippen LogP contribution in [-0.2, 0) is 36.8 Å². The van der Waals surface area contributed by atoms with Gasteiger partial charge in [-0.15, -0.1) is 0 Å². The van der Waals surface area contributed by atoms with Crippen LogP contribution in [0.2, 0.25) is 0 Å². The zero-order valence-corrected chi connectivity index (χ0v) is 29.8. The summed E-state index contributed by atoms with van der Waals surface area (Å²) in [6, 6.07) is 27.8. The van der Waals surface area contributed by atoms with Crippen LogP contribution in [0.3, 0.4) is 0 Å². The smallest absolute Gasteiger partial charge is 0.445 e. The number of rotatable bonds is 15. The van der Waals surface area contributed by atoms with E-state index in [0.29, 0.717) is 36.3 Å². The highest BCUT2D eigenvalue weighted by Crippen LogP contribution is 2.64. The Hall–Kier alpha value is -5.65. The third-order valence-electron chi connectivity index (χ3n) is 8.12. The molecule has 4 aromatic carbocycles. The molecule has 4 aromatic rings. The van der Waals surface area contributed by atoms with E-state index in [2.05, 4.69) is 16.0 Å². The van der Waals surface area contributed by atoms with Crippen LogP contribution in [0.5, 0.6) is 11.5 Å². The van der Waals surface area contributed by atoms with Crippen molar-refractivity contribution >= 4 is 42.8 Å². The number of hydrogen-bond donors (Lipinski definition) is 4. The number of carbonyl (C=O) groups excluding carboxylic acids is 4. The van der Waals surface area contributed by atoms with Crippen molar-refractivity contribution in [3.63, 3.8) is 0 Å². The van der Waals surface area contributed by atoms with Crippen molar-refractivity contribution in [2.45, 2.75) is 58.1 Å². The molecule has 0 aliphatic carbocycles. The van der Waals surface area contributed by atoms with Gasteiger partial charge in [-0.05, 0) is 91.0 Å². The molecule has 1 aliphatic heterocycles. The molecule has 272 valence electrons. The number of benzene rings is 4. The monoisotopic (exact) mass is 727 g/mol. The molecule has 1 heterocycles. The largest absolute Gasteiger partial charge is 0.457 e. The quantitative estimate of drug-likeness (QED) is 0.0764. The molecule has 0 spiro atoms. The minimum atomic E-state index is -4.43. The first-order valence-corrected chi connectivity index (χ1v) is 18.5. The van der Waals surface area contributed by atoms with Gasteiger partial charge in [0.25, 0.3) is 0 Å². The fourth-order valence-electron chi connectivity index (χ4n) is 5.78. The highest BCUT2D eigenvalue weighted by Gasteiger charge is 2.51. The second-order valence-corrected chi connectivity index (χ2v) is 14.1. The van der Waals surface area contributed by atoms with Crippen molar-refractivity contribution in [1.82, 2.24) is 10.2 Å². The van der Waals surface area contributed by atoms with Crippen molar-refractivity contribution in [2.75, 3.05) is 17.2 Å². The van der Waals surface area contributed by atoms with Gasteiger partial charge in [0.2, 0.25) is 17.7 Å². The molecule has 14 heteroatoms. The molecule has 5 rings (SSSR count). The number of hydrogen-bond acceptors (Lipinski definition) is 9. The Labute approximate surface area is 302 Å². The third kappa shape index (κ3) is 9.99. The lowest BCUT2D eigenvalue weighted by Gasteiger charge is -2.33. The maximum atomic E-state index is 15.4. The second-order valence-electron chi connectivity index (χ2n) is 12.2. The van der Waals surface area contributed by atoms with Crippen molar-refractivity contribution < 1.29 is 37.5 Å². The average molecular weight is 728 g/mol. The molecule has 13 nitrogen and oxygen atoms in total. The lowest BCUT2D eigenvalue weighted by atomic mass is 10.1. The van der Waals surface area contributed by atoms with E-state index in [1.165, 1.54) is 43.0 Å². The Morgan fingerprint density at radius 3 is 1.90 bits per heavy atom. The number of nitrogens with one attached hydrogen (secondary N) is 3. The molecule has 0 bridgehead atoms. The molecule has 0 radical (unpaired) electrons. The van der Waals surface area contributed by atoms with Crippen LogP contribution in [0.25, 0.3) is 0 Å². The van der Waals surface area contributed by atoms with E-state index in [1.54, 1.807) is 36.4 Å². The van der Waals surface area contributed by atoms with Gasteiger partial charge in [-0.25, -0.2) is 9.36 Å². The number of ether oxygens (including phenoxy) is 1. The Morgan fingerprint density at radius 1 is 0.788 bits per heavy atom. The van der Waals surface area contributed by atoms with Gasteiger partial charge < -0.3 is 40.4 Å². The van der Waals surface area contributed by atoms with Crippen LogP contribution in [0.1, 0.15) is 55.6 Å². The molecule has 0 saturated carbocycles. The van der Waals surface area contributed by atoms with E-state index < -0.39 is 31.4 Å². The predicted octanol–water partition coefficient (Wildman–Crippen LogP) is 6.72. The predicted molar refractivity (Wildman–Crippen MR) is 197 cm³/mol. The Bertz CT molecular complexity index is 1840. The van der Waals surface area contributed by atoms with Crippen LogP contribution in [0, 0.1) is 0 Å². The molecule has 2 atom stereocenters. The molecule has 0 saturated heterocycles. The van der Waals surface area contributed by atoms with E-state index in [1.807, 2.05) is 42.5 Å². The molecule has 4 amide bonds. The van der Waals surface area contributed by atoms with Crippen LogP contribution in [-0.4, -0.2) is 41.3 Å². The summed E-state index contributed by atoms with van der Waals surface area (Å²) in [7, 11) is -4.43. The number of amides is 4. The maximum absolute atomic E-state index is 15.4. The summed E-state index contributed by atoms with van der Waals surface area (Å²) in [6.45, 7) is 3.23. The lowest BCUT2D eigenvalue weighted by Crippen LogP contribution is -2.48. The Balaban J connectivity index is 1.49. The van der Waals surface area contributed by atoms with Crippen molar-refractivity contribution in [3.8, 4) is 11.5 Å². The number of alkyl carbamates (subject to hydrolysis) is 1. The summed E-state index contributed by atoms with van der Waals surface area (Å²) in [5.74, 6) is -1.96. The SMILES string of the molecule is CC(=O)Nc1ccc(OP(=O)(Oc2ccc(NC(C)=O)cc2)C2c3ccccc3CN2C(=O)C(CCCCN)NC(=O)OCc2ccccc2)cc1. The summed E-state index contributed by atoms with van der Waals surface area (Å²) in [5, 5.41) is 8.09. The van der Waals surface area contributed by atoms with Gasteiger partial charge in [0.15, 0.2) is 5.78 Å². The van der Waals surface area contributed by atoms with E-state index in [4.69, 9.17) is 19.5 Å². The molecule has 1 aliphatic rings. The van der Waals surface area contributed by atoms with Crippen LogP contribution < -0.4 is 30.7 Å². The summed E-state index contributed by atoms with van der Waals surface area (Å²) in [5.41, 5.74) is 8.81. The fourth-order valence-corrected chi connectivity index (χ4v) is 7.98. The average Bonchev–Trinajstić information content (AvgIpc) is 3.53. The Morgan fingerprint density at radius 2 is 1.35 bits per heavy atom.